The minimum absolute atomic E-state index is 0.385. The maximum atomic E-state index is 8.21. The summed E-state index contributed by atoms with van der Waals surface area (Å²) < 4.78 is 0. The average Bonchev–Trinajstić information content (AvgIpc) is 1.61. The SMILES string of the molecule is CC[CH]CC(O)O. The molecule has 0 aromatic rings. The van der Waals surface area contributed by atoms with Gasteiger partial charge in [0.1, 0.15) is 0 Å². The minimum atomic E-state index is -1.15. The number of aliphatic hydroxyl groups is 2. The Morgan fingerprint density at radius 2 is 2.14 bits per heavy atom. The highest BCUT2D eigenvalue weighted by atomic mass is 16.5. The lowest BCUT2D eigenvalue weighted by molar-refractivity contribution is -0.0392. The van der Waals surface area contributed by atoms with Gasteiger partial charge in [-0.25, -0.2) is 0 Å². The molecule has 0 saturated heterocycles. The van der Waals surface area contributed by atoms with Gasteiger partial charge in [-0.3, -0.25) is 0 Å². The molecule has 0 heterocycles. The molecule has 0 rings (SSSR count). The molecule has 2 N–H and O–H groups in total. The van der Waals surface area contributed by atoms with Gasteiger partial charge in [0.05, 0.1) is 0 Å². The third kappa shape index (κ3) is 5.92. The van der Waals surface area contributed by atoms with Gasteiger partial charge in [-0.15, -0.1) is 0 Å². The van der Waals surface area contributed by atoms with Crippen LogP contribution in [0, 0.1) is 6.42 Å². The second kappa shape index (κ2) is 4.09. The predicted molar refractivity (Wildman–Crippen MR) is 27.4 cm³/mol. The number of unbranched alkanes of at least 4 members (excludes halogenated alkanes) is 1. The van der Waals surface area contributed by atoms with E-state index in [-0.39, 0.29) is 0 Å². The quantitative estimate of drug-likeness (QED) is 0.504. The van der Waals surface area contributed by atoms with Crippen LogP contribution in [0.5, 0.6) is 0 Å². The number of hydrogen-bond acceptors (Lipinski definition) is 2. The maximum Gasteiger partial charge on any atom is 0.151 e. The zero-order valence-corrected chi connectivity index (χ0v) is 4.46. The van der Waals surface area contributed by atoms with E-state index in [1.165, 1.54) is 0 Å². The second-order valence-electron chi connectivity index (χ2n) is 1.41. The van der Waals surface area contributed by atoms with Crippen LogP contribution in [-0.4, -0.2) is 16.5 Å². The molecule has 0 aromatic heterocycles. The first kappa shape index (κ1) is 6.92. The van der Waals surface area contributed by atoms with Crippen LogP contribution in [0.1, 0.15) is 19.8 Å². The van der Waals surface area contributed by atoms with Crippen molar-refractivity contribution in [3.63, 3.8) is 0 Å². The van der Waals surface area contributed by atoms with Crippen LogP contribution in [0.3, 0.4) is 0 Å². The summed E-state index contributed by atoms with van der Waals surface area (Å²) in [5.74, 6) is 0. The fraction of sp³-hybridized carbons (Fsp3) is 0.800. The number of aliphatic hydroxyl groups excluding tert-OH is 1. The molecule has 0 aliphatic carbocycles. The second-order valence-corrected chi connectivity index (χ2v) is 1.41. The van der Waals surface area contributed by atoms with Crippen molar-refractivity contribution in [3.05, 3.63) is 6.42 Å². The number of rotatable bonds is 3. The minimum Gasteiger partial charge on any atom is -0.368 e. The van der Waals surface area contributed by atoms with Crippen LogP contribution in [0.4, 0.5) is 0 Å². The Balaban J connectivity index is 2.68. The van der Waals surface area contributed by atoms with Gasteiger partial charge in [0.2, 0.25) is 0 Å². The number of hydrogen-bond donors (Lipinski definition) is 2. The molecule has 0 aliphatic heterocycles. The molecule has 0 unspecified atom stereocenters. The van der Waals surface area contributed by atoms with Crippen LogP contribution in [0.25, 0.3) is 0 Å². The van der Waals surface area contributed by atoms with Gasteiger partial charge in [0.15, 0.2) is 6.29 Å². The van der Waals surface area contributed by atoms with E-state index in [0.717, 1.165) is 6.42 Å². The summed E-state index contributed by atoms with van der Waals surface area (Å²) in [6, 6.07) is 0. The Hall–Kier alpha value is -0.0800. The van der Waals surface area contributed by atoms with Crippen molar-refractivity contribution < 1.29 is 10.2 Å². The summed E-state index contributed by atoms with van der Waals surface area (Å²) in [7, 11) is 0. The molecule has 2 heteroatoms. The molecule has 0 aromatic carbocycles. The third-order valence-corrected chi connectivity index (χ3v) is 0.666. The molecular formula is C5H11O2. The fourth-order valence-electron chi connectivity index (χ4n) is 0.316. The van der Waals surface area contributed by atoms with Crippen LogP contribution in [0.2, 0.25) is 0 Å². The molecule has 43 valence electrons. The van der Waals surface area contributed by atoms with Crippen molar-refractivity contribution in [2.75, 3.05) is 0 Å². The molecule has 0 saturated carbocycles. The molecule has 0 amide bonds. The van der Waals surface area contributed by atoms with Gasteiger partial charge in [-0.1, -0.05) is 13.3 Å². The molecule has 0 bridgehead atoms. The highest BCUT2D eigenvalue weighted by Gasteiger charge is 1.92. The van der Waals surface area contributed by atoms with E-state index in [1.54, 1.807) is 0 Å². The van der Waals surface area contributed by atoms with E-state index in [4.69, 9.17) is 10.2 Å². The van der Waals surface area contributed by atoms with Crippen molar-refractivity contribution in [1.82, 2.24) is 0 Å². The van der Waals surface area contributed by atoms with Crippen LogP contribution in [-0.2, 0) is 0 Å². The Morgan fingerprint density at radius 1 is 1.57 bits per heavy atom. The molecule has 1 radical (unpaired) electrons. The summed E-state index contributed by atoms with van der Waals surface area (Å²) in [6.07, 6.45) is 1.96. The zero-order valence-electron chi connectivity index (χ0n) is 4.46. The van der Waals surface area contributed by atoms with Crippen molar-refractivity contribution in [2.24, 2.45) is 0 Å². The lowest BCUT2D eigenvalue weighted by Crippen LogP contribution is -2.02. The maximum absolute atomic E-state index is 8.21. The smallest absolute Gasteiger partial charge is 0.151 e. The average molecular weight is 103 g/mol. The summed E-state index contributed by atoms with van der Waals surface area (Å²) in [5.41, 5.74) is 0. The zero-order chi connectivity index (χ0) is 5.70. The Morgan fingerprint density at radius 3 is 2.29 bits per heavy atom. The predicted octanol–water partition coefficient (Wildman–Crippen LogP) is 0.301. The first-order valence-corrected chi connectivity index (χ1v) is 2.45. The Bertz CT molecular complexity index is 35.1. The summed E-state index contributed by atoms with van der Waals surface area (Å²) in [4.78, 5) is 0. The van der Waals surface area contributed by atoms with Crippen LogP contribution >= 0.6 is 0 Å². The molecular weight excluding hydrogens is 92.1 g/mol. The first-order chi connectivity index (χ1) is 3.27. The Kier molecular flexibility index (Phi) is 4.04. The van der Waals surface area contributed by atoms with E-state index in [1.807, 2.05) is 13.3 Å². The topological polar surface area (TPSA) is 40.5 Å². The standard InChI is InChI=1S/C5H11O2/c1-2-3-4-5(6)7/h3,5-7H,2,4H2,1H3. The van der Waals surface area contributed by atoms with E-state index < -0.39 is 6.29 Å². The fourth-order valence-corrected chi connectivity index (χ4v) is 0.316. The summed E-state index contributed by atoms with van der Waals surface area (Å²) >= 11 is 0. The van der Waals surface area contributed by atoms with Crippen molar-refractivity contribution >= 4 is 0 Å². The highest BCUT2D eigenvalue weighted by molar-refractivity contribution is 4.60. The third-order valence-electron chi connectivity index (χ3n) is 0.666. The molecule has 7 heavy (non-hydrogen) atoms. The van der Waals surface area contributed by atoms with Crippen molar-refractivity contribution in [2.45, 2.75) is 26.1 Å². The molecule has 0 atom stereocenters. The van der Waals surface area contributed by atoms with Crippen LogP contribution in [0.15, 0.2) is 0 Å². The lowest BCUT2D eigenvalue weighted by Gasteiger charge is -1.97. The summed E-state index contributed by atoms with van der Waals surface area (Å²) in [6.45, 7) is 1.96. The van der Waals surface area contributed by atoms with E-state index in [0.29, 0.717) is 6.42 Å². The molecule has 0 spiro atoms. The highest BCUT2D eigenvalue weighted by Crippen LogP contribution is 1.93. The first-order valence-electron chi connectivity index (χ1n) is 2.45. The summed E-state index contributed by atoms with van der Waals surface area (Å²) in [5, 5.41) is 16.4. The Labute approximate surface area is 43.8 Å². The van der Waals surface area contributed by atoms with Crippen molar-refractivity contribution in [3.8, 4) is 0 Å². The molecule has 0 fully saturated rings. The molecule has 2 nitrogen and oxygen atoms in total. The normalized spacial score (nSPS) is 10.3. The largest absolute Gasteiger partial charge is 0.368 e. The van der Waals surface area contributed by atoms with Gasteiger partial charge in [-0.05, 0) is 6.42 Å². The van der Waals surface area contributed by atoms with Crippen LogP contribution < -0.4 is 0 Å². The van der Waals surface area contributed by atoms with Crippen molar-refractivity contribution in [1.29, 1.82) is 0 Å². The van der Waals surface area contributed by atoms with E-state index >= 15 is 0 Å². The van der Waals surface area contributed by atoms with E-state index in [9.17, 15) is 0 Å². The van der Waals surface area contributed by atoms with Gasteiger partial charge < -0.3 is 10.2 Å². The van der Waals surface area contributed by atoms with Gasteiger partial charge in [0.25, 0.3) is 0 Å². The lowest BCUT2D eigenvalue weighted by atomic mass is 10.2. The van der Waals surface area contributed by atoms with E-state index in [2.05, 4.69) is 0 Å². The van der Waals surface area contributed by atoms with Gasteiger partial charge >= 0.3 is 0 Å². The molecule has 0 aliphatic rings. The monoisotopic (exact) mass is 103 g/mol. The van der Waals surface area contributed by atoms with Gasteiger partial charge in [0, 0.05) is 6.42 Å². The van der Waals surface area contributed by atoms with Gasteiger partial charge in [-0.2, -0.15) is 0 Å².